The largest absolute Gasteiger partial charge is 0.480 e. The molecule has 0 saturated carbocycles. The van der Waals surface area contributed by atoms with Gasteiger partial charge in [-0.25, -0.2) is 0 Å². The molecular formula is C22H27N3O4. The minimum Gasteiger partial charge on any atom is -0.480 e. The Morgan fingerprint density at radius 3 is 2.34 bits per heavy atom. The van der Waals surface area contributed by atoms with Crippen LogP contribution >= 0.6 is 0 Å². The van der Waals surface area contributed by atoms with E-state index in [9.17, 15) is 14.4 Å². The molecule has 0 radical (unpaired) electrons. The second-order valence-electron chi connectivity index (χ2n) is 6.96. The lowest BCUT2D eigenvalue weighted by molar-refractivity contribution is -0.135. The van der Waals surface area contributed by atoms with Crippen LogP contribution in [0.3, 0.4) is 0 Å². The van der Waals surface area contributed by atoms with Crippen LogP contribution in [0.2, 0.25) is 0 Å². The van der Waals surface area contributed by atoms with Crippen LogP contribution in [0.25, 0.3) is 0 Å². The highest BCUT2D eigenvalue weighted by Gasteiger charge is 2.16. The zero-order valence-electron chi connectivity index (χ0n) is 17.0. The summed E-state index contributed by atoms with van der Waals surface area (Å²) >= 11 is 0. The molecule has 2 aromatic carbocycles. The predicted octanol–water partition coefficient (Wildman–Crippen LogP) is 2.45. The Kier molecular flexibility index (Phi) is 7.77. The predicted molar refractivity (Wildman–Crippen MR) is 112 cm³/mol. The van der Waals surface area contributed by atoms with E-state index in [4.69, 9.17) is 5.11 Å². The number of benzene rings is 2. The molecule has 3 N–H and O–H groups in total. The maximum atomic E-state index is 12.6. The molecule has 0 bridgehead atoms. The number of carboxylic acid groups (broad SMARTS) is 1. The van der Waals surface area contributed by atoms with Gasteiger partial charge in [0, 0.05) is 31.9 Å². The average Bonchev–Trinajstić information content (AvgIpc) is 2.70. The molecule has 0 fully saturated rings. The van der Waals surface area contributed by atoms with Crippen molar-refractivity contribution in [3.05, 3.63) is 64.7 Å². The second kappa shape index (κ2) is 10.3. The van der Waals surface area contributed by atoms with Gasteiger partial charge in [0.15, 0.2) is 0 Å². The van der Waals surface area contributed by atoms with Crippen molar-refractivity contribution in [3.8, 4) is 0 Å². The molecular weight excluding hydrogens is 370 g/mol. The highest BCUT2D eigenvalue weighted by atomic mass is 16.4. The minimum atomic E-state index is -1.12. The zero-order valence-corrected chi connectivity index (χ0v) is 17.0. The molecule has 0 aliphatic heterocycles. The Morgan fingerprint density at radius 2 is 1.69 bits per heavy atom. The lowest BCUT2D eigenvalue weighted by Crippen LogP contribution is -2.31. The number of anilines is 1. The molecule has 2 aromatic rings. The third-order valence-corrected chi connectivity index (χ3v) is 4.37. The Bertz CT molecular complexity index is 893. The molecule has 0 spiro atoms. The molecule has 0 unspecified atom stereocenters. The number of carbonyl (C=O) groups excluding carboxylic acids is 2. The van der Waals surface area contributed by atoms with Crippen LogP contribution in [-0.4, -0.2) is 43.5 Å². The molecule has 0 saturated heterocycles. The number of hydrogen-bond acceptors (Lipinski definition) is 4. The summed E-state index contributed by atoms with van der Waals surface area (Å²) in [5, 5.41) is 14.0. The molecule has 0 aliphatic rings. The van der Waals surface area contributed by atoms with Gasteiger partial charge >= 0.3 is 5.97 Å². The monoisotopic (exact) mass is 397 g/mol. The van der Waals surface area contributed by atoms with E-state index >= 15 is 0 Å². The van der Waals surface area contributed by atoms with Crippen molar-refractivity contribution in [2.45, 2.75) is 26.3 Å². The summed E-state index contributed by atoms with van der Waals surface area (Å²) in [6.07, 6.45) is 2.06. The summed E-state index contributed by atoms with van der Waals surface area (Å²) in [5.74, 6) is -1.87. The molecule has 0 aliphatic carbocycles. The fourth-order valence-electron chi connectivity index (χ4n) is 2.95. The van der Waals surface area contributed by atoms with Crippen molar-refractivity contribution >= 4 is 23.5 Å². The van der Waals surface area contributed by atoms with Gasteiger partial charge in [-0.2, -0.15) is 0 Å². The van der Waals surface area contributed by atoms with Crippen molar-refractivity contribution in [1.82, 2.24) is 10.6 Å². The smallest absolute Gasteiger partial charge is 0.322 e. The number of carbonyl (C=O) groups is 3. The van der Waals surface area contributed by atoms with Gasteiger partial charge in [0.1, 0.15) is 6.54 Å². The fourth-order valence-corrected chi connectivity index (χ4v) is 2.95. The Morgan fingerprint density at radius 1 is 0.966 bits per heavy atom. The van der Waals surface area contributed by atoms with E-state index in [1.165, 1.54) is 11.6 Å². The van der Waals surface area contributed by atoms with Gasteiger partial charge in [-0.1, -0.05) is 37.6 Å². The van der Waals surface area contributed by atoms with Crippen molar-refractivity contribution in [1.29, 1.82) is 0 Å². The van der Waals surface area contributed by atoms with Crippen molar-refractivity contribution in [2.24, 2.45) is 0 Å². The van der Waals surface area contributed by atoms with E-state index in [0.29, 0.717) is 23.4 Å². The molecule has 0 aromatic heterocycles. The minimum absolute atomic E-state index is 0.244. The van der Waals surface area contributed by atoms with E-state index < -0.39 is 18.4 Å². The molecule has 2 amide bonds. The maximum Gasteiger partial charge on any atom is 0.322 e. The molecule has 7 heteroatoms. The quantitative estimate of drug-likeness (QED) is 0.604. The first-order chi connectivity index (χ1) is 13.8. The Hall–Kier alpha value is -3.35. The standard InChI is InChI=1S/C22H27N3O4/c1-4-6-15-7-5-8-16(11-15)13-23-21(28)17-9-10-18(19(12-17)25(2)3)22(29)24-14-20(26)27/h5,7-12H,4,6,13-14H2,1-3H3,(H,23,28)(H,24,29)(H,26,27). The van der Waals surface area contributed by atoms with Crippen molar-refractivity contribution in [2.75, 3.05) is 25.5 Å². The summed E-state index contributed by atoms with van der Waals surface area (Å²) in [6.45, 7) is 2.07. The third kappa shape index (κ3) is 6.34. The summed E-state index contributed by atoms with van der Waals surface area (Å²) in [6, 6.07) is 12.8. The second-order valence-corrected chi connectivity index (χ2v) is 6.96. The first-order valence-electron chi connectivity index (χ1n) is 9.49. The van der Waals surface area contributed by atoms with Crippen LogP contribution in [0, 0.1) is 0 Å². The number of aliphatic carboxylic acids is 1. The van der Waals surface area contributed by atoms with Gasteiger partial charge in [-0.05, 0) is 35.7 Å². The van der Waals surface area contributed by atoms with Crippen LogP contribution in [0.4, 0.5) is 5.69 Å². The molecule has 7 nitrogen and oxygen atoms in total. The fraction of sp³-hybridized carbons (Fsp3) is 0.318. The highest BCUT2D eigenvalue weighted by molar-refractivity contribution is 6.03. The van der Waals surface area contributed by atoms with Gasteiger partial charge in [0.05, 0.1) is 5.56 Å². The highest BCUT2D eigenvalue weighted by Crippen LogP contribution is 2.21. The van der Waals surface area contributed by atoms with Crippen LogP contribution < -0.4 is 15.5 Å². The molecule has 154 valence electrons. The average molecular weight is 397 g/mol. The van der Waals surface area contributed by atoms with Crippen molar-refractivity contribution in [3.63, 3.8) is 0 Å². The number of hydrogen-bond donors (Lipinski definition) is 3. The molecule has 0 atom stereocenters. The maximum absolute atomic E-state index is 12.6. The summed E-state index contributed by atoms with van der Waals surface area (Å²) in [5.41, 5.74) is 3.53. The van der Waals surface area contributed by atoms with Crippen LogP contribution in [-0.2, 0) is 17.8 Å². The SMILES string of the molecule is CCCc1cccc(CNC(=O)c2ccc(C(=O)NCC(=O)O)c(N(C)C)c2)c1. The van der Waals surface area contributed by atoms with E-state index in [0.717, 1.165) is 18.4 Å². The summed E-state index contributed by atoms with van der Waals surface area (Å²) in [7, 11) is 3.51. The zero-order chi connectivity index (χ0) is 21.4. The topological polar surface area (TPSA) is 98.7 Å². The summed E-state index contributed by atoms with van der Waals surface area (Å²) < 4.78 is 0. The number of carboxylic acids is 1. The lowest BCUT2D eigenvalue weighted by Gasteiger charge is -2.18. The summed E-state index contributed by atoms with van der Waals surface area (Å²) in [4.78, 5) is 37.2. The van der Waals surface area contributed by atoms with Gasteiger partial charge < -0.3 is 20.6 Å². The molecule has 29 heavy (non-hydrogen) atoms. The van der Waals surface area contributed by atoms with E-state index in [1.807, 2.05) is 12.1 Å². The number of nitrogens with one attached hydrogen (secondary N) is 2. The lowest BCUT2D eigenvalue weighted by atomic mass is 10.1. The third-order valence-electron chi connectivity index (χ3n) is 4.37. The Labute approximate surface area is 170 Å². The van der Waals surface area contributed by atoms with Gasteiger partial charge in [0.2, 0.25) is 0 Å². The first-order valence-corrected chi connectivity index (χ1v) is 9.49. The first kappa shape index (κ1) is 21.9. The normalized spacial score (nSPS) is 10.3. The van der Waals surface area contributed by atoms with E-state index in [-0.39, 0.29) is 5.91 Å². The number of rotatable bonds is 9. The van der Waals surface area contributed by atoms with Crippen LogP contribution in [0.15, 0.2) is 42.5 Å². The number of aryl methyl sites for hydroxylation is 1. The van der Waals surface area contributed by atoms with Crippen LogP contribution in [0.1, 0.15) is 45.2 Å². The van der Waals surface area contributed by atoms with E-state index in [2.05, 4.69) is 29.7 Å². The number of amides is 2. The van der Waals surface area contributed by atoms with E-state index in [1.54, 1.807) is 31.1 Å². The molecule has 2 rings (SSSR count). The van der Waals surface area contributed by atoms with Gasteiger partial charge in [0.25, 0.3) is 11.8 Å². The van der Waals surface area contributed by atoms with Crippen molar-refractivity contribution < 1.29 is 19.5 Å². The Balaban J connectivity index is 2.12. The molecule has 0 heterocycles. The number of nitrogens with zero attached hydrogens (tertiary/aromatic N) is 1. The van der Waals surface area contributed by atoms with Gasteiger partial charge in [-0.3, -0.25) is 14.4 Å². The van der Waals surface area contributed by atoms with Crippen LogP contribution in [0.5, 0.6) is 0 Å². The van der Waals surface area contributed by atoms with Gasteiger partial charge in [-0.15, -0.1) is 0 Å².